The van der Waals surface area contributed by atoms with Gasteiger partial charge >= 0.3 is 5.97 Å². The number of rotatable bonds is 2. The SMILES string of the molecule is C=CC=CC(=O)O.c1ccc2c(c1)CCS2. The Morgan fingerprint density at radius 2 is 2.19 bits per heavy atom. The predicted molar refractivity (Wildman–Crippen MR) is 67.8 cm³/mol. The van der Waals surface area contributed by atoms with Crippen LogP contribution in [0, 0.1) is 0 Å². The van der Waals surface area contributed by atoms with Crippen molar-refractivity contribution in [1.29, 1.82) is 0 Å². The van der Waals surface area contributed by atoms with Crippen molar-refractivity contribution in [2.24, 2.45) is 0 Å². The van der Waals surface area contributed by atoms with Crippen molar-refractivity contribution in [2.75, 3.05) is 5.75 Å². The molecule has 1 aliphatic heterocycles. The third kappa shape index (κ3) is 4.36. The molecule has 0 radical (unpaired) electrons. The van der Waals surface area contributed by atoms with Crippen LogP contribution in [0.4, 0.5) is 0 Å². The van der Waals surface area contributed by atoms with Crippen LogP contribution < -0.4 is 0 Å². The third-order valence-electron chi connectivity index (χ3n) is 1.98. The number of aryl methyl sites for hydroxylation is 1. The summed E-state index contributed by atoms with van der Waals surface area (Å²) in [5.41, 5.74) is 1.53. The zero-order valence-electron chi connectivity index (χ0n) is 8.93. The minimum absolute atomic E-state index is 0.945. The first-order valence-electron chi connectivity index (χ1n) is 4.97. The standard InChI is InChI=1S/C8H8S.C5H6O2/c1-2-4-8-7(3-1)5-6-9-8;1-2-3-4-5(6)7/h1-4H,5-6H2;2-4H,1H2,(H,6,7). The van der Waals surface area contributed by atoms with Gasteiger partial charge in [0.2, 0.25) is 0 Å². The number of carboxylic acid groups (broad SMARTS) is 1. The smallest absolute Gasteiger partial charge is 0.328 e. The summed E-state index contributed by atoms with van der Waals surface area (Å²) in [6.45, 7) is 3.28. The van der Waals surface area contributed by atoms with E-state index in [9.17, 15) is 4.79 Å². The van der Waals surface area contributed by atoms with Crippen LogP contribution in [0.25, 0.3) is 0 Å². The Morgan fingerprint density at radius 3 is 2.75 bits per heavy atom. The molecule has 0 saturated heterocycles. The van der Waals surface area contributed by atoms with Crippen molar-refractivity contribution in [3.05, 3.63) is 54.6 Å². The molecule has 16 heavy (non-hydrogen) atoms. The van der Waals surface area contributed by atoms with Gasteiger partial charge in [-0.1, -0.05) is 36.9 Å². The van der Waals surface area contributed by atoms with Crippen molar-refractivity contribution in [1.82, 2.24) is 0 Å². The highest BCUT2D eigenvalue weighted by molar-refractivity contribution is 7.99. The van der Waals surface area contributed by atoms with Crippen LogP contribution in [0.1, 0.15) is 5.56 Å². The summed E-state index contributed by atoms with van der Waals surface area (Å²) in [4.78, 5) is 11.1. The highest BCUT2D eigenvalue weighted by atomic mass is 32.2. The lowest BCUT2D eigenvalue weighted by molar-refractivity contribution is -0.131. The van der Waals surface area contributed by atoms with E-state index in [1.54, 1.807) is 0 Å². The Labute approximate surface area is 99.7 Å². The minimum Gasteiger partial charge on any atom is -0.478 e. The maximum atomic E-state index is 9.62. The molecule has 0 unspecified atom stereocenters. The molecule has 1 heterocycles. The fourth-order valence-electron chi connectivity index (χ4n) is 1.27. The summed E-state index contributed by atoms with van der Waals surface area (Å²) in [5.74, 6) is 0.333. The number of hydrogen-bond acceptors (Lipinski definition) is 2. The Morgan fingerprint density at radius 1 is 1.44 bits per heavy atom. The molecule has 1 aromatic carbocycles. The first-order valence-corrected chi connectivity index (χ1v) is 5.95. The van der Waals surface area contributed by atoms with Gasteiger partial charge in [-0.15, -0.1) is 11.8 Å². The number of carbonyl (C=O) groups is 1. The molecular weight excluding hydrogens is 220 g/mol. The molecule has 2 nitrogen and oxygen atoms in total. The fourth-order valence-corrected chi connectivity index (χ4v) is 2.34. The molecule has 0 spiro atoms. The van der Waals surface area contributed by atoms with Crippen LogP contribution in [-0.2, 0) is 11.2 Å². The Bertz CT molecular complexity index is 374. The minimum atomic E-state index is -0.945. The molecule has 84 valence electrons. The van der Waals surface area contributed by atoms with E-state index < -0.39 is 5.97 Å². The van der Waals surface area contributed by atoms with Crippen LogP contribution in [-0.4, -0.2) is 16.8 Å². The molecule has 0 bridgehead atoms. The van der Waals surface area contributed by atoms with E-state index in [1.807, 2.05) is 11.8 Å². The van der Waals surface area contributed by atoms with Gasteiger partial charge in [0, 0.05) is 16.7 Å². The maximum Gasteiger partial charge on any atom is 0.328 e. The van der Waals surface area contributed by atoms with Crippen LogP contribution in [0.15, 0.2) is 54.0 Å². The lowest BCUT2D eigenvalue weighted by atomic mass is 10.2. The van der Waals surface area contributed by atoms with Gasteiger partial charge < -0.3 is 5.11 Å². The van der Waals surface area contributed by atoms with Crippen LogP contribution in [0.5, 0.6) is 0 Å². The van der Waals surface area contributed by atoms with Crippen molar-refractivity contribution < 1.29 is 9.90 Å². The van der Waals surface area contributed by atoms with Gasteiger partial charge in [-0.2, -0.15) is 0 Å². The summed E-state index contributed by atoms with van der Waals surface area (Å²) < 4.78 is 0. The molecular formula is C13H14O2S. The summed E-state index contributed by atoms with van der Waals surface area (Å²) in [5, 5.41) is 7.91. The molecule has 0 aliphatic carbocycles. The van der Waals surface area contributed by atoms with Crippen molar-refractivity contribution in [2.45, 2.75) is 11.3 Å². The van der Waals surface area contributed by atoms with Crippen LogP contribution in [0.3, 0.4) is 0 Å². The molecule has 1 aromatic rings. The Balaban J connectivity index is 0.000000168. The largest absolute Gasteiger partial charge is 0.478 e. The number of benzene rings is 1. The zero-order valence-corrected chi connectivity index (χ0v) is 9.74. The van der Waals surface area contributed by atoms with Gasteiger partial charge in [-0.05, 0) is 18.1 Å². The topological polar surface area (TPSA) is 37.3 Å². The molecule has 1 N–H and O–H groups in total. The van der Waals surface area contributed by atoms with Gasteiger partial charge in [0.05, 0.1) is 0 Å². The monoisotopic (exact) mass is 234 g/mol. The van der Waals surface area contributed by atoms with E-state index in [-0.39, 0.29) is 0 Å². The van der Waals surface area contributed by atoms with Crippen LogP contribution >= 0.6 is 11.8 Å². The highest BCUT2D eigenvalue weighted by Crippen LogP contribution is 2.30. The molecule has 0 atom stereocenters. The molecule has 2 rings (SSSR count). The van der Waals surface area contributed by atoms with Crippen molar-refractivity contribution in [3.63, 3.8) is 0 Å². The number of fused-ring (bicyclic) bond motifs is 1. The highest BCUT2D eigenvalue weighted by Gasteiger charge is 2.07. The van der Waals surface area contributed by atoms with E-state index in [4.69, 9.17) is 5.11 Å². The average molecular weight is 234 g/mol. The van der Waals surface area contributed by atoms with Gasteiger partial charge in [-0.25, -0.2) is 4.79 Å². The van der Waals surface area contributed by atoms with E-state index in [0.29, 0.717) is 0 Å². The number of aliphatic carboxylic acids is 1. The predicted octanol–water partition coefficient (Wildman–Crippen LogP) is 3.15. The zero-order chi connectivity index (χ0) is 11.8. The summed E-state index contributed by atoms with van der Waals surface area (Å²) in [7, 11) is 0. The van der Waals surface area contributed by atoms with Crippen molar-refractivity contribution >= 4 is 17.7 Å². The lowest BCUT2D eigenvalue weighted by Gasteiger charge is -1.92. The van der Waals surface area contributed by atoms with Crippen LogP contribution in [0.2, 0.25) is 0 Å². The molecule has 0 aromatic heterocycles. The number of allylic oxidation sites excluding steroid dienone is 2. The number of hydrogen-bond donors (Lipinski definition) is 1. The first kappa shape index (κ1) is 12.6. The first-order chi connectivity index (χ1) is 7.74. The second kappa shape index (κ2) is 6.90. The molecule has 0 fully saturated rings. The molecule has 0 saturated carbocycles. The van der Waals surface area contributed by atoms with E-state index >= 15 is 0 Å². The van der Waals surface area contributed by atoms with Crippen molar-refractivity contribution in [3.8, 4) is 0 Å². The molecule has 0 amide bonds. The van der Waals surface area contributed by atoms with Gasteiger partial charge in [0.25, 0.3) is 0 Å². The normalized spacial score (nSPS) is 12.8. The Kier molecular flexibility index (Phi) is 5.43. The second-order valence-corrected chi connectivity index (χ2v) is 4.28. The lowest BCUT2D eigenvalue weighted by Crippen LogP contribution is -1.83. The summed E-state index contributed by atoms with van der Waals surface area (Å²) in [6.07, 6.45) is 5.06. The third-order valence-corrected chi connectivity index (χ3v) is 3.09. The van der Waals surface area contributed by atoms with E-state index in [0.717, 1.165) is 6.08 Å². The molecule has 1 aliphatic rings. The average Bonchev–Trinajstić information content (AvgIpc) is 2.75. The fraction of sp³-hybridized carbons (Fsp3) is 0.154. The van der Waals surface area contributed by atoms with E-state index in [2.05, 4.69) is 30.8 Å². The number of carboxylic acids is 1. The summed E-state index contributed by atoms with van der Waals surface area (Å²) in [6, 6.07) is 8.64. The number of thioether (sulfide) groups is 1. The Hall–Kier alpha value is -1.48. The maximum absolute atomic E-state index is 9.62. The second-order valence-electron chi connectivity index (χ2n) is 3.14. The van der Waals surface area contributed by atoms with Gasteiger partial charge in [-0.3, -0.25) is 0 Å². The summed E-state index contributed by atoms with van der Waals surface area (Å²) >= 11 is 1.97. The van der Waals surface area contributed by atoms with Gasteiger partial charge in [0.1, 0.15) is 0 Å². The van der Waals surface area contributed by atoms with Gasteiger partial charge in [0.15, 0.2) is 0 Å². The molecule has 3 heteroatoms. The quantitative estimate of drug-likeness (QED) is 0.631. The van der Waals surface area contributed by atoms with E-state index in [1.165, 1.54) is 34.8 Å².